The molecule has 43 heavy (non-hydrogen) atoms. The monoisotopic (exact) mass is 632 g/mol. The highest BCUT2D eigenvalue weighted by atomic mass is 35.5. The van der Waals surface area contributed by atoms with Crippen molar-refractivity contribution in [3.63, 3.8) is 0 Å². The first-order valence-corrected chi connectivity index (χ1v) is 15.5. The molecule has 0 saturated carbocycles. The Morgan fingerprint density at radius 3 is 2.47 bits per heavy atom. The fraction of sp³-hybridized carbons (Fsp3) is 0.462. The van der Waals surface area contributed by atoms with Gasteiger partial charge in [0, 0.05) is 52.3 Å². The van der Waals surface area contributed by atoms with E-state index in [0.29, 0.717) is 51.1 Å². The summed E-state index contributed by atoms with van der Waals surface area (Å²) in [5.41, 5.74) is 12.2. The molecule has 0 radical (unpaired) electrons. The molecule has 3 amide bonds. The van der Waals surface area contributed by atoms with E-state index in [2.05, 4.69) is 25.6 Å². The first-order valence-electron chi connectivity index (χ1n) is 13.7. The largest absolute Gasteiger partial charge is 0.382 e. The summed E-state index contributed by atoms with van der Waals surface area (Å²) in [5.74, 6) is -0.892. The van der Waals surface area contributed by atoms with Gasteiger partial charge in [-0.15, -0.1) is 0 Å². The summed E-state index contributed by atoms with van der Waals surface area (Å²) >= 11 is 5.87. The number of rotatable bonds is 6. The molecule has 4 heterocycles. The number of nitrogen functional groups attached to an aromatic ring is 2. The molecule has 1 aromatic heterocycles. The van der Waals surface area contributed by atoms with Crippen LogP contribution in [0.25, 0.3) is 0 Å². The number of piperidine rings is 1. The van der Waals surface area contributed by atoms with E-state index in [1.807, 2.05) is 0 Å². The molecule has 1 spiro atoms. The molecule has 15 nitrogen and oxygen atoms in total. The van der Waals surface area contributed by atoms with E-state index in [1.54, 1.807) is 21.9 Å². The van der Waals surface area contributed by atoms with Crippen molar-refractivity contribution >= 4 is 62.6 Å². The minimum atomic E-state index is -3.57. The standard InChI is InChI=1S/C26H33ClN10O5S/c1-35(2)43(41,42)16-3-4-17-15(13-16)7-10-37(17)19(39)6-5-18(38)36-11-8-26(9-12-36)14-30-25(34-26)33-24(40)20-22(28)32-23(29)21(27)31-20/h3-4,13H,5-12,14H2,1-2H3,(H4,28,29,32)(H2,30,33,34,40). The molecule has 1 aromatic carbocycles. The van der Waals surface area contributed by atoms with Gasteiger partial charge in [0.15, 0.2) is 28.4 Å². The molecule has 17 heteroatoms. The third kappa shape index (κ3) is 6.07. The summed E-state index contributed by atoms with van der Waals surface area (Å²) in [6.45, 7) is 1.80. The number of nitrogens with one attached hydrogen (secondary N) is 2. The van der Waals surface area contributed by atoms with Crippen LogP contribution < -0.4 is 27.0 Å². The first kappa shape index (κ1) is 30.4. The zero-order valence-electron chi connectivity index (χ0n) is 23.8. The van der Waals surface area contributed by atoms with Crippen LogP contribution >= 0.6 is 11.6 Å². The molecule has 3 aliphatic rings. The molecule has 1 saturated heterocycles. The van der Waals surface area contributed by atoms with Crippen molar-refractivity contribution in [2.45, 2.75) is 42.5 Å². The highest BCUT2D eigenvalue weighted by molar-refractivity contribution is 7.89. The Hall–Kier alpha value is -4.02. The van der Waals surface area contributed by atoms with Gasteiger partial charge >= 0.3 is 0 Å². The molecule has 0 atom stereocenters. The SMILES string of the molecule is CN(C)S(=O)(=O)c1ccc2c(c1)CCN2C(=O)CCC(=O)N1CCC2(CC1)CN=C(NC(=O)c1nc(Cl)c(N)nc1N)N2. The number of carbonyl (C=O) groups excluding carboxylic acids is 3. The summed E-state index contributed by atoms with van der Waals surface area (Å²) in [6.07, 6.45) is 1.87. The lowest BCUT2D eigenvalue weighted by molar-refractivity contribution is -0.134. The van der Waals surface area contributed by atoms with Crippen LogP contribution in [0.2, 0.25) is 5.15 Å². The van der Waals surface area contributed by atoms with E-state index < -0.39 is 21.5 Å². The maximum Gasteiger partial charge on any atom is 0.280 e. The smallest absolute Gasteiger partial charge is 0.280 e. The van der Waals surface area contributed by atoms with Crippen LogP contribution in [-0.2, 0) is 26.0 Å². The Bertz CT molecular complexity index is 1620. The van der Waals surface area contributed by atoms with Crippen molar-refractivity contribution in [3.8, 4) is 0 Å². The maximum atomic E-state index is 13.0. The molecule has 2 aromatic rings. The number of amides is 3. The van der Waals surface area contributed by atoms with Gasteiger partial charge in [-0.3, -0.25) is 24.7 Å². The number of carbonyl (C=O) groups is 3. The van der Waals surface area contributed by atoms with Crippen LogP contribution in [0, 0.1) is 0 Å². The highest BCUT2D eigenvalue weighted by Crippen LogP contribution is 2.32. The van der Waals surface area contributed by atoms with Gasteiger partial charge in [0.25, 0.3) is 5.91 Å². The summed E-state index contributed by atoms with van der Waals surface area (Å²) in [6, 6.07) is 4.77. The molecule has 5 rings (SSSR count). The van der Waals surface area contributed by atoms with Crippen molar-refractivity contribution in [2.75, 3.05) is 56.6 Å². The average molecular weight is 633 g/mol. The molecule has 0 unspecified atom stereocenters. The number of nitrogens with two attached hydrogens (primary N) is 2. The lowest BCUT2D eigenvalue weighted by Gasteiger charge is -2.39. The zero-order chi connectivity index (χ0) is 31.1. The van der Waals surface area contributed by atoms with E-state index >= 15 is 0 Å². The van der Waals surface area contributed by atoms with E-state index in [0.717, 1.165) is 9.87 Å². The minimum Gasteiger partial charge on any atom is -0.382 e. The summed E-state index contributed by atoms with van der Waals surface area (Å²) in [5, 5.41) is 5.76. The van der Waals surface area contributed by atoms with Crippen molar-refractivity contribution < 1.29 is 22.8 Å². The van der Waals surface area contributed by atoms with Crippen molar-refractivity contribution in [1.82, 2.24) is 29.8 Å². The molecule has 0 bridgehead atoms. The number of anilines is 3. The van der Waals surface area contributed by atoms with E-state index in [4.69, 9.17) is 23.1 Å². The summed E-state index contributed by atoms with van der Waals surface area (Å²) < 4.78 is 26.1. The summed E-state index contributed by atoms with van der Waals surface area (Å²) in [4.78, 5) is 54.3. The van der Waals surface area contributed by atoms with Crippen LogP contribution in [0.3, 0.4) is 0 Å². The Morgan fingerprint density at radius 1 is 1.07 bits per heavy atom. The van der Waals surface area contributed by atoms with E-state index in [1.165, 1.54) is 20.2 Å². The number of sulfonamides is 1. The Morgan fingerprint density at radius 2 is 1.77 bits per heavy atom. The highest BCUT2D eigenvalue weighted by Gasteiger charge is 2.40. The molecule has 1 fully saturated rings. The number of aromatic nitrogens is 2. The third-order valence-electron chi connectivity index (χ3n) is 7.93. The topological polar surface area (TPSA) is 209 Å². The number of hydrogen-bond acceptors (Lipinski definition) is 11. The van der Waals surface area contributed by atoms with Gasteiger partial charge in [0.2, 0.25) is 21.8 Å². The normalized spacial score (nSPS) is 17.5. The molecular weight excluding hydrogens is 600 g/mol. The second-order valence-electron chi connectivity index (χ2n) is 10.9. The van der Waals surface area contributed by atoms with Gasteiger partial charge in [-0.25, -0.2) is 22.7 Å². The van der Waals surface area contributed by atoms with Crippen LogP contribution in [0.1, 0.15) is 41.7 Å². The van der Waals surface area contributed by atoms with Gasteiger partial charge in [-0.2, -0.15) is 0 Å². The fourth-order valence-electron chi connectivity index (χ4n) is 5.39. The molecule has 230 valence electrons. The maximum absolute atomic E-state index is 13.0. The fourth-order valence-corrected chi connectivity index (χ4v) is 6.47. The van der Waals surface area contributed by atoms with Gasteiger partial charge in [0.1, 0.15) is 0 Å². The Labute approximate surface area is 253 Å². The van der Waals surface area contributed by atoms with Crippen molar-refractivity contribution in [3.05, 3.63) is 34.6 Å². The second-order valence-corrected chi connectivity index (χ2v) is 13.4. The average Bonchev–Trinajstić information content (AvgIpc) is 3.57. The number of benzene rings is 1. The van der Waals surface area contributed by atoms with E-state index in [9.17, 15) is 22.8 Å². The van der Waals surface area contributed by atoms with E-state index in [-0.39, 0.29) is 58.0 Å². The Kier molecular flexibility index (Phi) is 8.20. The van der Waals surface area contributed by atoms with Crippen LogP contribution in [-0.4, -0.2) is 97.1 Å². The number of guanidine groups is 1. The van der Waals surface area contributed by atoms with Crippen molar-refractivity contribution in [2.24, 2.45) is 4.99 Å². The predicted octanol–water partition coefficient (Wildman–Crippen LogP) is -0.0356. The number of hydrogen-bond donors (Lipinski definition) is 4. The summed E-state index contributed by atoms with van der Waals surface area (Å²) in [7, 11) is -0.625. The predicted molar refractivity (Wildman–Crippen MR) is 160 cm³/mol. The van der Waals surface area contributed by atoms with Gasteiger partial charge in [-0.05, 0) is 43.0 Å². The van der Waals surface area contributed by atoms with Gasteiger partial charge < -0.3 is 26.6 Å². The first-order chi connectivity index (χ1) is 20.3. The Balaban J connectivity index is 1.10. The lowest BCUT2D eigenvalue weighted by atomic mass is 9.88. The number of halogens is 1. The third-order valence-corrected chi connectivity index (χ3v) is 10.0. The van der Waals surface area contributed by atoms with Crippen molar-refractivity contribution in [1.29, 1.82) is 0 Å². The zero-order valence-corrected chi connectivity index (χ0v) is 25.3. The van der Waals surface area contributed by atoms with Crippen LogP contribution in [0.15, 0.2) is 28.1 Å². The second kappa shape index (κ2) is 11.6. The quantitative estimate of drug-likeness (QED) is 0.334. The van der Waals surface area contributed by atoms with Crippen LogP contribution in [0.4, 0.5) is 17.3 Å². The number of likely N-dealkylation sites (tertiary alicyclic amines) is 1. The molecule has 6 N–H and O–H groups in total. The van der Waals surface area contributed by atoms with Gasteiger partial charge in [0.05, 0.1) is 17.0 Å². The number of nitrogens with zero attached hydrogens (tertiary/aromatic N) is 6. The number of fused-ring (bicyclic) bond motifs is 1. The van der Waals surface area contributed by atoms with Gasteiger partial charge in [-0.1, -0.05) is 11.6 Å². The molecule has 0 aliphatic carbocycles. The van der Waals surface area contributed by atoms with Crippen LogP contribution in [0.5, 0.6) is 0 Å². The number of aliphatic imine (C=N–C) groups is 1. The molecular formula is C26H33ClN10O5S. The lowest BCUT2D eigenvalue weighted by Crippen LogP contribution is -2.57. The molecule has 3 aliphatic heterocycles. The minimum absolute atomic E-state index is 0.0520.